The summed E-state index contributed by atoms with van der Waals surface area (Å²) in [6.45, 7) is 0.770. The third kappa shape index (κ3) is 5.10. The summed E-state index contributed by atoms with van der Waals surface area (Å²) in [5.74, 6) is -4.76. The zero-order valence-electron chi connectivity index (χ0n) is 17.1. The first-order valence-electron chi connectivity index (χ1n) is 9.86. The highest BCUT2D eigenvalue weighted by atomic mass is 19.1. The van der Waals surface area contributed by atoms with Crippen LogP contribution in [0.5, 0.6) is 0 Å². The maximum atomic E-state index is 14.5. The average Bonchev–Trinajstić information content (AvgIpc) is 2.77. The fraction of sp³-hybridized carbons (Fsp3) is 0.364. The SMILES string of the molecule is C[C@H]1OC(CO)[C@H](O)C(O)C1NC(=O)c1cc(F)c(C(=O)OCc2ccccc2)c(F)c1. The molecule has 5 atom stereocenters. The van der Waals surface area contributed by atoms with Gasteiger partial charge in [-0.3, -0.25) is 4.79 Å². The van der Waals surface area contributed by atoms with Crippen molar-refractivity contribution >= 4 is 11.9 Å². The second-order valence-corrected chi connectivity index (χ2v) is 7.42. The highest BCUT2D eigenvalue weighted by Crippen LogP contribution is 2.22. The van der Waals surface area contributed by atoms with Crippen LogP contribution >= 0.6 is 0 Å². The Morgan fingerprint density at radius 2 is 1.72 bits per heavy atom. The zero-order chi connectivity index (χ0) is 23.4. The van der Waals surface area contributed by atoms with E-state index in [9.17, 15) is 33.7 Å². The van der Waals surface area contributed by atoms with Gasteiger partial charge >= 0.3 is 5.97 Å². The van der Waals surface area contributed by atoms with E-state index >= 15 is 0 Å². The Balaban J connectivity index is 1.71. The van der Waals surface area contributed by atoms with Gasteiger partial charge in [0.25, 0.3) is 5.91 Å². The van der Waals surface area contributed by atoms with Crippen LogP contribution in [0, 0.1) is 11.6 Å². The first kappa shape index (κ1) is 23.7. The summed E-state index contributed by atoms with van der Waals surface area (Å²) < 4.78 is 39.2. The molecule has 1 fully saturated rings. The Kier molecular flexibility index (Phi) is 7.52. The minimum Gasteiger partial charge on any atom is -0.457 e. The Morgan fingerprint density at radius 3 is 2.31 bits per heavy atom. The molecule has 1 aliphatic rings. The van der Waals surface area contributed by atoms with Gasteiger partial charge in [0, 0.05) is 5.56 Å². The quantitative estimate of drug-likeness (QED) is 0.482. The normalized spacial score (nSPS) is 25.2. The number of ether oxygens (including phenoxy) is 2. The molecule has 2 aromatic rings. The first-order valence-corrected chi connectivity index (χ1v) is 9.86. The van der Waals surface area contributed by atoms with Gasteiger partial charge in [-0.15, -0.1) is 0 Å². The lowest BCUT2D eigenvalue weighted by molar-refractivity contribution is -0.187. The monoisotopic (exact) mass is 451 g/mol. The van der Waals surface area contributed by atoms with Crippen molar-refractivity contribution in [2.45, 2.75) is 44.0 Å². The molecule has 0 aliphatic carbocycles. The van der Waals surface area contributed by atoms with Crippen molar-refractivity contribution in [2.75, 3.05) is 6.61 Å². The van der Waals surface area contributed by atoms with Gasteiger partial charge in [-0.1, -0.05) is 30.3 Å². The Labute approximate surface area is 182 Å². The fourth-order valence-corrected chi connectivity index (χ4v) is 3.43. The molecular weight excluding hydrogens is 428 g/mol. The van der Waals surface area contributed by atoms with Gasteiger partial charge in [0.1, 0.15) is 42.1 Å². The van der Waals surface area contributed by atoms with Gasteiger partial charge in [0.2, 0.25) is 0 Å². The van der Waals surface area contributed by atoms with Gasteiger partial charge in [-0.2, -0.15) is 0 Å². The van der Waals surface area contributed by atoms with Crippen molar-refractivity contribution in [1.29, 1.82) is 0 Å². The lowest BCUT2D eigenvalue weighted by atomic mass is 9.93. The molecule has 172 valence electrons. The number of aliphatic hydroxyl groups is 3. The summed E-state index contributed by atoms with van der Waals surface area (Å²) in [5, 5.41) is 31.7. The first-order chi connectivity index (χ1) is 15.2. The molecular formula is C22H23F2NO7. The number of carbonyl (C=O) groups excluding carboxylic acids is 2. The molecule has 0 aromatic heterocycles. The molecule has 1 amide bonds. The van der Waals surface area contributed by atoms with Gasteiger partial charge < -0.3 is 30.1 Å². The topological polar surface area (TPSA) is 125 Å². The van der Waals surface area contributed by atoms with E-state index in [2.05, 4.69) is 5.32 Å². The smallest absolute Gasteiger partial charge is 0.344 e. The molecule has 10 heteroatoms. The molecule has 4 N–H and O–H groups in total. The van der Waals surface area contributed by atoms with Crippen LogP contribution in [0.3, 0.4) is 0 Å². The van der Waals surface area contributed by atoms with Crippen LogP contribution in [0.4, 0.5) is 8.78 Å². The molecule has 1 aliphatic heterocycles. The number of carbonyl (C=O) groups is 2. The lowest BCUT2D eigenvalue weighted by Gasteiger charge is -2.41. The number of nitrogens with one attached hydrogen (secondary N) is 1. The second kappa shape index (κ2) is 10.1. The van der Waals surface area contributed by atoms with Crippen LogP contribution in [-0.2, 0) is 16.1 Å². The molecule has 0 saturated carbocycles. The minimum atomic E-state index is -1.48. The van der Waals surface area contributed by atoms with Gasteiger partial charge in [0.15, 0.2) is 0 Å². The summed E-state index contributed by atoms with van der Waals surface area (Å²) in [4.78, 5) is 24.6. The van der Waals surface area contributed by atoms with Crippen LogP contribution in [0.1, 0.15) is 33.2 Å². The Bertz CT molecular complexity index is 949. The van der Waals surface area contributed by atoms with Crippen LogP contribution in [0.2, 0.25) is 0 Å². The fourth-order valence-electron chi connectivity index (χ4n) is 3.43. The van der Waals surface area contributed by atoms with Crippen LogP contribution in [-0.4, -0.2) is 64.3 Å². The standard InChI is InChI=1S/C22H23F2NO7/c1-11-18(20(28)19(27)16(9-26)32-11)25-21(29)13-7-14(23)17(15(24)8-13)22(30)31-10-12-5-3-2-4-6-12/h2-8,11,16,18-20,26-28H,9-10H2,1H3,(H,25,29)/t11-,16?,18?,19+,20?/m1/s1. The third-order valence-electron chi connectivity index (χ3n) is 5.19. The summed E-state index contributed by atoms with van der Waals surface area (Å²) in [6, 6.07) is 8.79. The maximum Gasteiger partial charge on any atom is 0.344 e. The highest BCUT2D eigenvalue weighted by molar-refractivity contribution is 5.96. The molecule has 2 aromatic carbocycles. The predicted molar refractivity (Wildman–Crippen MR) is 107 cm³/mol. The lowest BCUT2D eigenvalue weighted by Crippen LogP contribution is -2.63. The molecule has 0 radical (unpaired) electrons. The van der Waals surface area contributed by atoms with Crippen LogP contribution < -0.4 is 5.32 Å². The number of aliphatic hydroxyl groups excluding tert-OH is 3. The van der Waals surface area contributed by atoms with Crippen molar-refractivity contribution in [1.82, 2.24) is 5.32 Å². The second-order valence-electron chi connectivity index (χ2n) is 7.42. The molecule has 1 saturated heterocycles. The Hall–Kier alpha value is -2.92. The molecule has 3 unspecified atom stereocenters. The van der Waals surface area contributed by atoms with Crippen LogP contribution in [0.15, 0.2) is 42.5 Å². The van der Waals surface area contributed by atoms with Gasteiger partial charge in [-0.05, 0) is 24.6 Å². The Morgan fingerprint density at radius 1 is 1.09 bits per heavy atom. The molecule has 3 rings (SSSR count). The van der Waals surface area contributed by atoms with Crippen molar-refractivity contribution in [3.05, 3.63) is 70.8 Å². The van der Waals surface area contributed by atoms with E-state index in [1.807, 2.05) is 0 Å². The van der Waals surface area contributed by atoms with Crippen molar-refractivity contribution in [2.24, 2.45) is 0 Å². The van der Waals surface area contributed by atoms with E-state index in [0.717, 1.165) is 0 Å². The van der Waals surface area contributed by atoms with Crippen LogP contribution in [0.25, 0.3) is 0 Å². The summed E-state index contributed by atoms with van der Waals surface area (Å²) in [6.07, 6.45) is -4.81. The third-order valence-corrected chi connectivity index (χ3v) is 5.19. The number of rotatable bonds is 6. The number of hydrogen-bond donors (Lipinski definition) is 4. The van der Waals surface area contributed by atoms with E-state index in [4.69, 9.17) is 9.47 Å². The molecule has 32 heavy (non-hydrogen) atoms. The van der Waals surface area contributed by atoms with Gasteiger partial charge in [0.05, 0.1) is 18.8 Å². The van der Waals surface area contributed by atoms with E-state index in [1.54, 1.807) is 30.3 Å². The number of benzene rings is 2. The van der Waals surface area contributed by atoms with E-state index < -0.39 is 71.7 Å². The largest absolute Gasteiger partial charge is 0.457 e. The number of amides is 1. The van der Waals surface area contributed by atoms with E-state index in [0.29, 0.717) is 17.7 Å². The van der Waals surface area contributed by atoms with Crippen molar-refractivity contribution < 1.29 is 43.2 Å². The van der Waals surface area contributed by atoms with E-state index in [-0.39, 0.29) is 6.61 Å². The van der Waals surface area contributed by atoms with E-state index in [1.165, 1.54) is 6.92 Å². The number of halogens is 2. The molecule has 1 heterocycles. The van der Waals surface area contributed by atoms with Crippen molar-refractivity contribution in [3.8, 4) is 0 Å². The molecule has 0 spiro atoms. The maximum absolute atomic E-state index is 14.5. The number of esters is 1. The molecule has 8 nitrogen and oxygen atoms in total. The average molecular weight is 451 g/mol. The summed E-state index contributed by atoms with van der Waals surface area (Å²) in [7, 11) is 0. The summed E-state index contributed by atoms with van der Waals surface area (Å²) in [5.41, 5.74) is -0.753. The summed E-state index contributed by atoms with van der Waals surface area (Å²) >= 11 is 0. The predicted octanol–water partition coefficient (Wildman–Crippen LogP) is 0.922. The zero-order valence-corrected chi connectivity index (χ0v) is 17.1. The van der Waals surface area contributed by atoms with Crippen molar-refractivity contribution in [3.63, 3.8) is 0 Å². The van der Waals surface area contributed by atoms with Gasteiger partial charge in [-0.25, -0.2) is 13.6 Å². The molecule has 0 bridgehead atoms. The number of hydrogen-bond acceptors (Lipinski definition) is 7. The highest BCUT2D eigenvalue weighted by Gasteiger charge is 2.43. The minimum absolute atomic E-state index is 0.185.